The third-order valence-corrected chi connectivity index (χ3v) is 3.99. The van der Waals surface area contributed by atoms with Crippen LogP contribution in [0.5, 0.6) is 0 Å². The molecule has 5 heteroatoms. The molecule has 2 aromatic rings. The number of pyridine rings is 1. The second-order valence-corrected chi connectivity index (χ2v) is 5.53. The second kappa shape index (κ2) is 6.26. The van der Waals surface area contributed by atoms with E-state index in [4.69, 9.17) is 4.74 Å². The lowest BCUT2D eigenvalue weighted by Crippen LogP contribution is -2.41. The smallest absolute Gasteiger partial charge is 0.272 e. The van der Waals surface area contributed by atoms with E-state index in [1.807, 2.05) is 36.2 Å². The minimum atomic E-state index is 0.0210. The van der Waals surface area contributed by atoms with Gasteiger partial charge in [0.15, 0.2) is 0 Å². The van der Waals surface area contributed by atoms with E-state index in [-0.39, 0.29) is 5.91 Å². The molecular weight excluding hydrogens is 266 g/mol. The van der Waals surface area contributed by atoms with Gasteiger partial charge >= 0.3 is 0 Å². The first-order chi connectivity index (χ1) is 10.3. The maximum absolute atomic E-state index is 12.6. The number of piperidine rings is 1. The monoisotopic (exact) mass is 287 g/mol. The van der Waals surface area contributed by atoms with Crippen LogP contribution in [0, 0.1) is 5.92 Å². The van der Waals surface area contributed by atoms with Gasteiger partial charge in [-0.3, -0.25) is 4.79 Å². The number of hydrogen-bond acceptors (Lipinski definition) is 3. The number of H-pyrrole nitrogens is 1. The molecule has 0 bridgehead atoms. The first kappa shape index (κ1) is 14.1. The molecule has 1 saturated heterocycles. The van der Waals surface area contributed by atoms with Gasteiger partial charge in [-0.1, -0.05) is 0 Å². The summed E-state index contributed by atoms with van der Waals surface area (Å²) in [7, 11) is 0. The molecule has 1 atom stereocenters. The van der Waals surface area contributed by atoms with Crippen LogP contribution in [0.2, 0.25) is 0 Å². The number of ether oxygens (including phenoxy) is 1. The molecule has 1 aliphatic heterocycles. The maximum Gasteiger partial charge on any atom is 0.272 e. The van der Waals surface area contributed by atoms with Gasteiger partial charge in [-0.15, -0.1) is 0 Å². The molecule has 0 aliphatic carbocycles. The molecular formula is C16H21N3O2. The van der Waals surface area contributed by atoms with Crippen LogP contribution >= 0.6 is 0 Å². The summed E-state index contributed by atoms with van der Waals surface area (Å²) >= 11 is 0. The zero-order valence-electron chi connectivity index (χ0n) is 12.3. The highest BCUT2D eigenvalue weighted by Crippen LogP contribution is 2.19. The minimum Gasteiger partial charge on any atom is -0.381 e. The second-order valence-electron chi connectivity index (χ2n) is 5.53. The van der Waals surface area contributed by atoms with Crippen LogP contribution in [0.3, 0.4) is 0 Å². The van der Waals surface area contributed by atoms with Crippen molar-refractivity contribution in [2.45, 2.75) is 19.8 Å². The van der Waals surface area contributed by atoms with Crippen LogP contribution in [0.4, 0.5) is 0 Å². The number of hydrogen-bond donors (Lipinski definition) is 1. The molecule has 1 N–H and O–H groups in total. The molecule has 2 aromatic heterocycles. The van der Waals surface area contributed by atoms with Crippen LogP contribution in [0.1, 0.15) is 30.3 Å². The Kier molecular flexibility index (Phi) is 4.20. The van der Waals surface area contributed by atoms with Crippen molar-refractivity contribution in [3.63, 3.8) is 0 Å². The van der Waals surface area contributed by atoms with E-state index in [1.54, 1.807) is 0 Å². The third-order valence-electron chi connectivity index (χ3n) is 3.99. The third kappa shape index (κ3) is 3.08. The Morgan fingerprint density at radius 3 is 3.24 bits per heavy atom. The summed E-state index contributed by atoms with van der Waals surface area (Å²) in [5.74, 6) is 0.463. The molecule has 1 amide bonds. The fourth-order valence-electron chi connectivity index (χ4n) is 2.88. The first-order valence-corrected chi connectivity index (χ1v) is 7.59. The molecule has 0 aromatic carbocycles. The highest BCUT2D eigenvalue weighted by molar-refractivity contribution is 5.94. The zero-order chi connectivity index (χ0) is 14.7. The fraction of sp³-hybridized carbons (Fsp3) is 0.500. The lowest BCUT2D eigenvalue weighted by molar-refractivity contribution is 0.0497. The van der Waals surface area contributed by atoms with Crippen molar-refractivity contribution >= 4 is 16.9 Å². The van der Waals surface area contributed by atoms with E-state index in [0.29, 0.717) is 11.6 Å². The van der Waals surface area contributed by atoms with E-state index < -0.39 is 0 Å². The maximum atomic E-state index is 12.6. The van der Waals surface area contributed by atoms with Gasteiger partial charge in [0, 0.05) is 31.3 Å². The Morgan fingerprint density at radius 1 is 1.48 bits per heavy atom. The van der Waals surface area contributed by atoms with Gasteiger partial charge in [0.25, 0.3) is 5.91 Å². The minimum absolute atomic E-state index is 0.0210. The number of rotatable bonds is 4. The highest BCUT2D eigenvalue weighted by atomic mass is 16.5. The topological polar surface area (TPSA) is 58.2 Å². The SMILES string of the molecule is CCOCC1CCCN(C(=O)c2ccc3cc[nH]c3n2)C1. The van der Waals surface area contributed by atoms with Gasteiger partial charge in [0.1, 0.15) is 11.3 Å². The van der Waals surface area contributed by atoms with Gasteiger partial charge in [0.2, 0.25) is 0 Å². The Bertz CT molecular complexity index is 623. The molecule has 1 fully saturated rings. The molecule has 3 heterocycles. The van der Waals surface area contributed by atoms with Gasteiger partial charge in [-0.25, -0.2) is 4.98 Å². The summed E-state index contributed by atoms with van der Waals surface area (Å²) in [6, 6.07) is 5.70. The summed E-state index contributed by atoms with van der Waals surface area (Å²) in [4.78, 5) is 22.0. The number of nitrogens with zero attached hydrogens (tertiary/aromatic N) is 2. The van der Waals surface area contributed by atoms with Crippen molar-refractivity contribution in [3.8, 4) is 0 Å². The largest absolute Gasteiger partial charge is 0.381 e. The number of aromatic amines is 1. The average Bonchev–Trinajstić information content (AvgIpc) is 3.00. The van der Waals surface area contributed by atoms with Crippen molar-refractivity contribution in [1.29, 1.82) is 0 Å². The van der Waals surface area contributed by atoms with Crippen LogP contribution in [0.25, 0.3) is 11.0 Å². The van der Waals surface area contributed by atoms with E-state index >= 15 is 0 Å². The summed E-state index contributed by atoms with van der Waals surface area (Å²) in [5.41, 5.74) is 1.28. The van der Waals surface area contributed by atoms with Crippen molar-refractivity contribution in [2.24, 2.45) is 5.92 Å². The molecule has 21 heavy (non-hydrogen) atoms. The zero-order valence-corrected chi connectivity index (χ0v) is 12.3. The first-order valence-electron chi connectivity index (χ1n) is 7.59. The van der Waals surface area contributed by atoms with Gasteiger partial charge in [-0.2, -0.15) is 0 Å². The van der Waals surface area contributed by atoms with E-state index in [1.165, 1.54) is 0 Å². The number of fused-ring (bicyclic) bond motifs is 1. The number of aromatic nitrogens is 2. The van der Waals surface area contributed by atoms with Crippen molar-refractivity contribution in [1.82, 2.24) is 14.9 Å². The normalized spacial score (nSPS) is 19.1. The Morgan fingerprint density at radius 2 is 2.38 bits per heavy atom. The van der Waals surface area contributed by atoms with Crippen LogP contribution in [-0.2, 0) is 4.74 Å². The summed E-state index contributed by atoms with van der Waals surface area (Å²) in [6.45, 7) is 5.05. The molecule has 112 valence electrons. The van der Waals surface area contributed by atoms with Crippen molar-refractivity contribution in [2.75, 3.05) is 26.3 Å². The molecule has 0 saturated carbocycles. The predicted octanol–water partition coefficient (Wildman–Crippen LogP) is 2.45. The van der Waals surface area contributed by atoms with E-state index in [0.717, 1.165) is 50.2 Å². The Labute approximate surface area is 124 Å². The number of amides is 1. The van der Waals surface area contributed by atoms with Gasteiger partial charge in [-0.05, 0) is 43.9 Å². The molecule has 1 aliphatic rings. The molecule has 0 spiro atoms. The number of carbonyl (C=O) groups excluding carboxylic acids is 1. The molecule has 5 nitrogen and oxygen atoms in total. The van der Waals surface area contributed by atoms with Gasteiger partial charge < -0.3 is 14.6 Å². The molecule has 0 radical (unpaired) electrons. The predicted molar refractivity (Wildman–Crippen MR) is 81.2 cm³/mol. The number of likely N-dealkylation sites (tertiary alicyclic amines) is 1. The summed E-state index contributed by atoms with van der Waals surface area (Å²) < 4.78 is 5.50. The van der Waals surface area contributed by atoms with Crippen LogP contribution in [-0.4, -0.2) is 47.1 Å². The van der Waals surface area contributed by atoms with Crippen molar-refractivity contribution in [3.05, 3.63) is 30.1 Å². The number of carbonyl (C=O) groups is 1. The van der Waals surface area contributed by atoms with E-state index in [9.17, 15) is 4.79 Å². The van der Waals surface area contributed by atoms with Crippen LogP contribution in [0.15, 0.2) is 24.4 Å². The number of nitrogens with one attached hydrogen (secondary N) is 1. The standard InChI is InChI=1S/C16H21N3O2/c1-2-21-11-12-4-3-9-19(10-12)16(20)14-6-5-13-7-8-17-15(13)18-14/h5-8,12H,2-4,9-11H2,1H3,(H,17,18). The van der Waals surface area contributed by atoms with E-state index in [2.05, 4.69) is 9.97 Å². The molecule has 3 rings (SSSR count). The summed E-state index contributed by atoms with van der Waals surface area (Å²) in [6.07, 6.45) is 4.01. The molecule has 1 unspecified atom stereocenters. The van der Waals surface area contributed by atoms with Gasteiger partial charge in [0.05, 0.1) is 6.61 Å². The lowest BCUT2D eigenvalue weighted by Gasteiger charge is -2.32. The Hall–Kier alpha value is -1.88. The quantitative estimate of drug-likeness (QED) is 0.939. The summed E-state index contributed by atoms with van der Waals surface area (Å²) in [5, 5.41) is 1.03. The van der Waals surface area contributed by atoms with Crippen molar-refractivity contribution < 1.29 is 9.53 Å². The Balaban J connectivity index is 1.71. The van der Waals surface area contributed by atoms with Crippen LogP contribution < -0.4 is 0 Å². The highest BCUT2D eigenvalue weighted by Gasteiger charge is 2.25. The fourth-order valence-corrected chi connectivity index (χ4v) is 2.88. The average molecular weight is 287 g/mol. The lowest BCUT2D eigenvalue weighted by atomic mass is 9.98.